The molecule has 182 valence electrons. The summed E-state index contributed by atoms with van der Waals surface area (Å²) in [6.45, 7) is 11.5. The minimum atomic E-state index is -0.149. The molecule has 0 unspecified atom stereocenters. The summed E-state index contributed by atoms with van der Waals surface area (Å²) in [6, 6.07) is 16.8. The summed E-state index contributed by atoms with van der Waals surface area (Å²) in [5, 5.41) is 6.61. The predicted molar refractivity (Wildman–Crippen MR) is 151 cm³/mol. The molecule has 0 fully saturated rings. The molecule has 36 heavy (non-hydrogen) atoms. The van der Waals surface area contributed by atoms with Crippen LogP contribution in [0.5, 0.6) is 0 Å². The number of aromatic nitrogens is 1. The molecule has 3 heteroatoms. The highest BCUT2D eigenvalue weighted by Gasteiger charge is 2.32. The number of hydrogen-bond donors (Lipinski definition) is 0. The summed E-state index contributed by atoms with van der Waals surface area (Å²) < 4.78 is 17.4. The van der Waals surface area contributed by atoms with E-state index in [9.17, 15) is 0 Å². The summed E-state index contributed by atoms with van der Waals surface area (Å²) in [5.74, 6) is 1.02. The second-order valence-electron chi connectivity index (χ2n) is 11.3. The molecule has 1 nitrogen and oxygen atoms in total. The van der Waals surface area contributed by atoms with E-state index in [0.717, 1.165) is 29.0 Å². The SMILES string of the molecule is Cc1c2c(c(CC(C)C)c3ccc(CC(C)C)cc13)Sc1cc3cccc(F)c3c3cc[n+](C)c-2c13. The third-order valence-corrected chi connectivity index (χ3v) is 8.76. The first-order valence-corrected chi connectivity index (χ1v) is 13.9. The molecule has 0 bridgehead atoms. The first-order valence-electron chi connectivity index (χ1n) is 13.0. The van der Waals surface area contributed by atoms with Crippen molar-refractivity contribution in [1.29, 1.82) is 0 Å². The Balaban J connectivity index is 1.77. The predicted octanol–water partition coefficient (Wildman–Crippen LogP) is 8.95. The van der Waals surface area contributed by atoms with E-state index in [1.165, 1.54) is 53.9 Å². The van der Waals surface area contributed by atoms with Crippen molar-refractivity contribution in [2.24, 2.45) is 18.9 Å². The molecule has 2 heterocycles. The standard InChI is InChI=1S/C33H33FNS/c1-18(2)14-21-10-11-23-25(16-21)20(5)29-32-31-24(12-13-35(32)6)30-22(8-7-9-27(30)34)17-28(31)36-33(29)26(23)15-19(3)4/h7-13,16-19H,14-15H2,1-6H3/q+1. The van der Waals surface area contributed by atoms with E-state index >= 15 is 4.39 Å². The number of aryl methyl sites for hydroxylation is 2. The highest BCUT2D eigenvalue weighted by atomic mass is 32.2. The van der Waals surface area contributed by atoms with Gasteiger partial charge in [0.15, 0.2) is 6.20 Å². The molecule has 5 aromatic rings. The van der Waals surface area contributed by atoms with Crippen molar-refractivity contribution >= 4 is 44.1 Å². The summed E-state index contributed by atoms with van der Waals surface area (Å²) in [7, 11) is 2.13. The zero-order chi connectivity index (χ0) is 25.3. The smallest absolute Gasteiger partial charge is 0.206 e. The van der Waals surface area contributed by atoms with Gasteiger partial charge in [-0.1, -0.05) is 69.8 Å². The number of pyridine rings is 1. The van der Waals surface area contributed by atoms with Gasteiger partial charge in [-0.05, 0) is 76.6 Å². The van der Waals surface area contributed by atoms with Crippen molar-refractivity contribution in [3.8, 4) is 11.3 Å². The van der Waals surface area contributed by atoms with Crippen LogP contribution in [0.1, 0.15) is 44.4 Å². The molecule has 0 amide bonds. The van der Waals surface area contributed by atoms with Gasteiger partial charge in [0.05, 0.1) is 10.9 Å². The summed E-state index contributed by atoms with van der Waals surface area (Å²) in [6.07, 6.45) is 4.22. The maximum absolute atomic E-state index is 15.1. The van der Waals surface area contributed by atoms with E-state index in [1.807, 2.05) is 23.9 Å². The Morgan fingerprint density at radius 3 is 2.39 bits per heavy atom. The zero-order valence-electron chi connectivity index (χ0n) is 22.0. The van der Waals surface area contributed by atoms with Crippen molar-refractivity contribution in [3.05, 3.63) is 77.2 Å². The van der Waals surface area contributed by atoms with Crippen molar-refractivity contribution in [1.82, 2.24) is 0 Å². The van der Waals surface area contributed by atoms with Gasteiger partial charge < -0.3 is 0 Å². The fraction of sp³-hybridized carbons (Fsp3) is 0.303. The molecular formula is C33H33FNS+. The largest absolute Gasteiger partial charge is 0.222 e. The Labute approximate surface area is 217 Å². The molecule has 0 saturated heterocycles. The topological polar surface area (TPSA) is 3.88 Å². The second-order valence-corrected chi connectivity index (χ2v) is 12.3. The van der Waals surface area contributed by atoms with Gasteiger partial charge in [-0.15, -0.1) is 0 Å². The van der Waals surface area contributed by atoms with E-state index in [0.29, 0.717) is 11.8 Å². The van der Waals surface area contributed by atoms with Gasteiger partial charge in [-0.2, -0.15) is 0 Å². The molecule has 4 aromatic carbocycles. The van der Waals surface area contributed by atoms with Crippen LogP contribution in [0.2, 0.25) is 0 Å². The lowest BCUT2D eigenvalue weighted by atomic mass is 9.86. The molecule has 6 rings (SSSR count). The lowest BCUT2D eigenvalue weighted by Gasteiger charge is -2.26. The van der Waals surface area contributed by atoms with Gasteiger partial charge in [0, 0.05) is 26.6 Å². The zero-order valence-corrected chi connectivity index (χ0v) is 22.8. The molecule has 1 aliphatic heterocycles. The normalized spacial score (nSPS) is 12.9. The van der Waals surface area contributed by atoms with Crippen molar-refractivity contribution < 1.29 is 8.96 Å². The lowest BCUT2D eigenvalue weighted by Crippen LogP contribution is -2.32. The second kappa shape index (κ2) is 8.59. The molecule has 0 atom stereocenters. The number of fused-ring (bicyclic) bond motifs is 5. The van der Waals surface area contributed by atoms with E-state index < -0.39 is 0 Å². The minimum Gasteiger partial charge on any atom is -0.206 e. The molecule has 0 aliphatic carbocycles. The third kappa shape index (κ3) is 3.55. The number of benzene rings is 4. The van der Waals surface area contributed by atoms with Crippen LogP contribution in [0.3, 0.4) is 0 Å². The quantitative estimate of drug-likeness (QED) is 0.175. The molecule has 0 N–H and O–H groups in total. The first kappa shape index (κ1) is 23.5. The van der Waals surface area contributed by atoms with Crippen LogP contribution in [-0.4, -0.2) is 0 Å². The molecule has 0 saturated carbocycles. The summed E-state index contributed by atoms with van der Waals surface area (Å²) in [4.78, 5) is 2.60. The number of halogens is 1. The lowest BCUT2D eigenvalue weighted by molar-refractivity contribution is -0.659. The van der Waals surface area contributed by atoms with Crippen LogP contribution < -0.4 is 4.57 Å². The molecule has 1 aliphatic rings. The van der Waals surface area contributed by atoms with Crippen LogP contribution in [0, 0.1) is 24.6 Å². The van der Waals surface area contributed by atoms with Crippen LogP contribution in [0.15, 0.2) is 64.5 Å². The van der Waals surface area contributed by atoms with Crippen LogP contribution in [0.4, 0.5) is 4.39 Å². The van der Waals surface area contributed by atoms with Crippen molar-refractivity contribution in [2.45, 2.75) is 57.3 Å². The number of nitrogens with zero attached hydrogens (tertiary/aromatic N) is 1. The Morgan fingerprint density at radius 2 is 1.64 bits per heavy atom. The average molecular weight is 495 g/mol. The van der Waals surface area contributed by atoms with E-state index in [1.54, 1.807) is 6.07 Å². The van der Waals surface area contributed by atoms with Gasteiger partial charge in [0.1, 0.15) is 12.9 Å². The fourth-order valence-electron chi connectivity index (χ4n) is 6.11. The molecule has 1 aromatic heterocycles. The molecule has 0 radical (unpaired) electrons. The van der Waals surface area contributed by atoms with E-state index in [2.05, 4.69) is 82.8 Å². The van der Waals surface area contributed by atoms with E-state index in [-0.39, 0.29) is 5.82 Å². The van der Waals surface area contributed by atoms with Gasteiger partial charge in [0.25, 0.3) is 0 Å². The third-order valence-electron chi connectivity index (χ3n) is 7.57. The molecule has 0 spiro atoms. The monoisotopic (exact) mass is 494 g/mol. The summed E-state index contributed by atoms with van der Waals surface area (Å²) >= 11 is 1.88. The highest BCUT2D eigenvalue weighted by molar-refractivity contribution is 8.00. The first-order chi connectivity index (χ1) is 17.2. The van der Waals surface area contributed by atoms with Gasteiger partial charge >= 0.3 is 0 Å². The van der Waals surface area contributed by atoms with Gasteiger partial charge in [0.2, 0.25) is 5.69 Å². The Bertz CT molecular complexity index is 1700. The number of rotatable bonds is 4. The van der Waals surface area contributed by atoms with Crippen molar-refractivity contribution in [2.75, 3.05) is 0 Å². The van der Waals surface area contributed by atoms with Crippen LogP contribution in [-0.2, 0) is 19.9 Å². The van der Waals surface area contributed by atoms with Crippen LogP contribution >= 0.6 is 11.8 Å². The Morgan fingerprint density at radius 1 is 0.861 bits per heavy atom. The average Bonchev–Trinajstić information content (AvgIpc) is 2.82. The maximum atomic E-state index is 15.1. The van der Waals surface area contributed by atoms with Gasteiger partial charge in [-0.25, -0.2) is 8.96 Å². The Hall–Kier alpha value is -2.91. The van der Waals surface area contributed by atoms with E-state index in [4.69, 9.17) is 0 Å². The van der Waals surface area contributed by atoms with Crippen molar-refractivity contribution in [3.63, 3.8) is 0 Å². The Kier molecular flexibility index (Phi) is 5.60. The number of hydrogen-bond acceptors (Lipinski definition) is 1. The van der Waals surface area contributed by atoms with Crippen LogP contribution in [0.25, 0.3) is 43.6 Å². The minimum absolute atomic E-state index is 0.149. The highest BCUT2D eigenvalue weighted by Crippen LogP contribution is 2.53. The maximum Gasteiger partial charge on any atom is 0.222 e. The summed E-state index contributed by atoms with van der Waals surface area (Å²) in [5.41, 5.74) is 6.70. The molecular weight excluding hydrogens is 461 g/mol. The fourth-order valence-corrected chi connectivity index (χ4v) is 7.49. The van der Waals surface area contributed by atoms with Gasteiger partial charge in [-0.3, -0.25) is 0 Å².